The van der Waals surface area contributed by atoms with Gasteiger partial charge in [0.1, 0.15) is 5.82 Å². The third-order valence-corrected chi connectivity index (χ3v) is 5.60. The van der Waals surface area contributed by atoms with Crippen LogP contribution >= 0.6 is 11.8 Å². The van der Waals surface area contributed by atoms with Crippen molar-refractivity contribution in [2.24, 2.45) is 0 Å². The van der Waals surface area contributed by atoms with Crippen molar-refractivity contribution in [3.05, 3.63) is 70.7 Å². The topological polar surface area (TPSA) is 54.3 Å². The number of thioether (sulfide) groups is 1. The van der Waals surface area contributed by atoms with Crippen LogP contribution in [-0.2, 0) is 18.7 Å². The maximum atomic E-state index is 13.7. The number of fused-ring (bicyclic) bond motifs is 3. The minimum absolute atomic E-state index is 0.218. The lowest BCUT2D eigenvalue weighted by molar-refractivity contribution is 0.0706. The fraction of sp³-hybridized carbons (Fsp3) is 0.211. The first-order valence-corrected chi connectivity index (χ1v) is 9.23. The first-order chi connectivity index (χ1) is 12.2. The molecule has 6 heteroatoms. The van der Waals surface area contributed by atoms with Crippen molar-refractivity contribution >= 4 is 28.6 Å². The minimum Gasteiger partial charge on any atom is -0.340 e. The second-order valence-electron chi connectivity index (χ2n) is 6.12. The molecule has 4 nitrogen and oxygen atoms in total. The molecule has 25 heavy (non-hydrogen) atoms. The Morgan fingerprint density at radius 1 is 1.28 bits per heavy atom. The Balaban J connectivity index is 1.81. The van der Waals surface area contributed by atoms with E-state index in [0.717, 1.165) is 34.4 Å². The van der Waals surface area contributed by atoms with Gasteiger partial charge in [-0.3, -0.25) is 10.0 Å². The highest BCUT2D eigenvalue weighted by atomic mass is 32.2. The monoisotopic (exact) mass is 356 g/mol. The van der Waals surface area contributed by atoms with Gasteiger partial charge < -0.3 is 4.57 Å². The third-order valence-electron chi connectivity index (χ3n) is 4.61. The number of halogens is 1. The van der Waals surface area contributed by atoms with Gasteiger partial charge in [-0.25, -0.2) is 9.87 Å². The third kappa shape index (κ3) is 2.92. The number of nitrogens with zero attached hydrogens (tertiary/aromatic N) is 1. The molecule has 1 aromatic heterocycles. The summed E-state index contributed by atoms with van der Waals surface area (Å²) < 4.78 is 16.0. The Morgan fingerprint density at radius 2 is 2.16 bits per heavy atom. The van der Waals surface area contributed by atoms with Crippen LogP contribution in [0.5, 0.6) is 0 Å². The Hall–Kier alpha value is -2.31. The highest BCUT2D eigenvalue weighted by Gasteiger charge is 2.21. The molecule has 2 heterocycles. The van der Waals surface area contributed by atoms with Crippen LogP contribution in [0.3, 0.4) is 0 Å². The summed E-state index contributed by atoms with van der Waals surface area (Å²) in [7, 11) is 0. The molecule has 3 aromatic rings. The molecule has 0 aliphatic carbocycles. The molecule has 0 spiro atoms. The highest BCUT2D eigenvalue weighted by molar-refractivity contribution is 7.98. The van der Waals surface area contributed by atoms with Crippen LogP contribution in [0.25, 0.3) is 10.9 Å². The number of benzene rings is 2. The zero-order chi connectivity index (χ0) is 17.4. The summed E-state index contributed by atoms with van der Waals surface area (Å²) in [6.07, 6.45) is 0.952. The van der Waals surface area contributed by atoms with E-state index >= 15 is 0 Å². The van der Waals surface area contributed by atoms with Crippen LogP contribution in [0.1, 0.15) is 27.2 Å². The Kier molecular flexibility index (Phi) is 4.23. The molecular weight excluding hydrogens is 339 g/mol. The second-order valence-corrected chi connectivity index (χ2v) is 7.22. The van der Waals surface area contributed by atoms with E-state index in [1.54, 1.807) is 29.7 Å². The molecule has 0 saturated carbocycles. The van der Waals surface area contributed by atoms with E-state index in [1.165, 1.54) is 17.3 Å². The van der Waals surface area contributed by atoms with E-state index < -0.39 is 5.91 Å². The second kappa shape index (κ2) is 6.54. The van der Waals surface area contributed by atoms with Crippen molar-refractivity contribution in [1.29, 1.82) is 0 Å². The highest BCUT2D eigenvalue weighted by Crippen LogP contribution is 2.35. The molecule has 0 unspecified atom stereocenters. The Labute approximate surface area is 148 Å². The van der Waals surface area contributed by atoms with Crippen molar-refractivity contribution in [2.75, 3.05) is 5.75 Å². The number of hydroxylamine groups is 1. The van der Waals surface area contributed by atoms with Gasteiger partial charge in [-0.2, -0.15) is 11.8 Å². The van der Waals surface area contributed by atoms with Crippen LogP contribution in [0.2, 0.25) is 0 Å². The molecule has 0 fully saturated rings. The van der Waals surface area contributed by atoms with E-state index in [-0.39, 0.29) is 5.82 Å². The van der Waals surface area contributed by atoms with E-state index in [2.05, 4.69) is 4.57 Å². The zero-order valence-electron chi connectivity index (χ0n) is 13.5. The zero-order valence-corrected chi connectivity index (χ0v) is 14.3. The maximum absolute atomic E-state index is 13.7. The van der Waals surface area contributed by atoms with Gasteiger partial charge in [-0.05, 0) is 53.6 Å². The summed E-state index contributed by atoms with van der Waals surface area (Å²) >= 11 is 1.87. The van der Waals surface area contributed by atoms with Gasteiger partial charge in [-0.15, -0.1) is 0 Å². The largest absolute Gasteiger partial charge is 0.340 e. The molecule has 1 amide bonds. The quantitative estimate of drug-likeness (QED) is 0.555. The number of carbonyl (C=O) groups is 1. The van der Waals surface area contributed by atoms with Gasteiger partial charge >= 0.3 is 0 Å². The standard InChI is InChI=1S/C19H17FN2O2S/c20-14-4-5-17-15(9-14)16-11-25-7-6-18(16)22(17)10-12-2-1-3-13(8-12)19(23)21-24/h1-5,8-9,24H,6-7,10-11H2,(H,21,23). The number of carbonyl (C=O) groups excluding carboxylic acids is 1. The molecule has 128 valence electrons. The van der Waals surface area contributed by atoms with Gasteiger partial charge in [0.25, 0.3) is 5.91 Å². The van der Waals surface area contributed by atoms with Gasteiger partial charge in [0, 0.05) is 34.5 Å². The fourth-order valence-corrected chi connectivity index (χ4v) is 4.49. The summed E-state index contributed by atoms with van der Waals surface area (Å²) in [6.45, 7) is 0.606. The lowest BCUT2D eigenvalue weighted by Crippen LogP contribution is -2.18. The lowest BCUT2D eigenvalue weighted by atomic mass is 10.1. The fourth-order valence-electron chi connectivity index (χ4n) is 3.48. The molecule has 0 bridgehead atoms. The average Bonchev–Trinajstić information content (AvgIpc) is 2.95. The summed E-state index contributed by atoms with van der Waals surface area (Å²) in [5, 5.41) is 9.80. The van der Waals surface area contributed by atoms with Gasteiger partial charge in [0.05, 0.1) is 0 Å². The van der Waals surface area contributed by atoms with Crippen molar-refractivity contribution in [1.82, 2.24) is 10.0 Å². The van der Waals surface area contributed by atoms with Crippen LogP contribution in [-0.4, -0.2) is 21.4 Å². The molecular formula is C19H17FN2O2S. The number of aromatic nitrogens is 1. The lowest BCUT2D eigenvalue weighted by Gasteiger charge is -2.16. The van der Waals surface area contributed by atoms with Crippen LogP contribution in [0, 0.1) is 5.82 Å². The van der Waals surface area contributed by atoms with Crippen LogP contribution in [0.15, 0.2) is 42.5 Å². The van der Waals surface area contributed by atoms with Crippen molar-refractivity contribution in [2.45, 2.75) is 18.7 Å². The smallest absolute Gasteiger partial charge is 0.274 e. The molecule has 1 aliphatic rings. The van der Waals surface area contributed by atoms with E-state index in [1.807, 2.05) is 23.9 Å². The van der Waals surface area contributed by atoms with Crippen molar-refractivity contribution in [3.8, 4) is 0 Å². The van der Waals surface area contributed by atoms with Gasteiger partial charge in [0.2, 0.25) is 0 Å². The maximum Gasteiger partial charge on any atom is 0.274 e. The Bertz CT molecular complexity index is 967. The first kappa shape index (κ1) is 16.2. The molecule has 4 rings (SSSR count). The van der Waals surface area contributed by atoms with Gasteiger partial charge in [-0.1, -0.05) is 12.1 Å². The predicted molar refractivity (Wildman–Crippen MR) is 96.6 cm³/mol. The van der Waals surface area contributed by atoms with E-state index in [4.69, 9.17) is 5.21 Å². The summed E-state index contributed by atoms with van der Waals surface area (Å²) in [5.41, 5.74) is 6.52. The number of hydrogen-bond acceptors (Lipinski definition) is 3. The van der Waals surface area contributed by atoms with E-state index in [9.17, 15) is 9.18 Å². The molecule has 0 atom stereocenters. The Morgan fingerprint density at radius 3 is 3.00 bits per heavy atom. The SMILES string of the molecule is O=C(NO)c1cccc(Cn2c3c(c4cc(F)ccc42)CSCC3)c1. The van der Waals surface area contributed by atoms with E-state index in [0.29, 0.717) is 12.1 Å². The number of nitrogens with one attached hydrogen (secondary N) is 1. The number of hydrogen-bond donors (Lipinski definition) is 2. The number of rotatable bonds is 3. The number of amides is 1. The van der Waals surface area contributed by atoms with Gasteiger partial charge in [0.15, 0.2) is 0 Å². The molecule has 2 N–H and O–H groups in total. The van der Waals surface area contributed by atoms with Crippen molar-refractivity contribution < 1.29 is 14.4 Å². The van der Waals surface area contributed by atoms with Crippen LogP contribution in [0.4, 0.5) is 4.39 Å². The normalized spacial score (nSPS) is 13.7. The minimum atomic E-state index is -0.528. The molecule has 1 aliphatic heterocycles. The first-order valence-electron chi connectivity index (χ1n) is 8.08. The molecule has 0 radical (unpaired) electrons. The predicted octanol–water partition coefficient (Wildman–Crippen LogP) is 3.74. The molecule has 2 aromatic carbocycles. The summed E-state index contributed by atoms with van der Waals surface area (Å²) in [6, 6.07) is 12.1. The molecule has 0 saturated heterocycles. The van der Waals surface area contributed by atoms with Crippen molar-refractivity contribution in [3.63, 3.8) is 0 Å². The summed E-state index contributed by atoms with van der Waals surface area (Å²) in [5.74, 6) is 1.21. The average molecular weight is 356 g/mol. The summed E-state index contributed by atoms with van der Waals surface area (Å²) in [4.78, 5) is 11.6. The van der Waals surface area contributed by atoms with Crippen LogP contribution < -0.4 is 5.48 Å².